The predicted octanol–water partition coefficient (Wildman–Crippen LogP) is 6.50. The van der Waals surface area contributed by atoms with Crippen LogP contribution in [0.25, 0.3) is 0 Å². The first-order valence-corrected chi connectivity index (χ1v) is 12.9. The molecule has 4 aliphatic rings. The van der Waals surface area contributed by atoms with Crippen LogP contribution in [0.5, 0.6) is 0 Å². The molecule has 0 bridgehead atoms. The monoisotopic (exact) mass is 402 g/mol. The van der Waals surface area contributed by atoms with E-state index < -0.39 is 5.60 Å². The fraction of sp³-hybridized carbons (Fsp3) is 0.926. The lowest BCUT2D eigenvalue weighted by molar-refractivity contribution is -0.0464. The Morgan fingerprint density at radius 1 is 1.07 bits per heavy atom. The highest BCUT2D eigenvalue weighted by Gasteiger charge is 2.57. The van der Waals surface area contributed by atoms with Crippen LogP contribution in [0.3, 0.4) is 0 Å². The molecule has 0 saturated heterocycles. The summed E-state index contributed by atoms with van der Waals surface area (Å²) in [6, 6.07) is 0. The largest absolute Gasteiger partial charge is 0.393 e. The molecule has 29 heavy (non-hydrogen) atoms. The Morgan fingerprint density at radius 2 is 1.86 bits per heavy atom. The normalized spacial score (nSPS) is 46.3. The van der Waals surface area contributed by atoms with E-state index in [1.54, 1.807) is 5.57 Å². The van der Waals surface area contributed by atoms with Gasteiger partial charge in [0.05, 0.1) is 11.7 Å². The van der Waals surface area contributed by atoms with Crippen molar-refractivity contribution in [2.45, 2.75) is 116 Å². The molecule has 4 rings (SSSR count). The summed E-state index contributed by atoms with van der Waals surface area (Å²) in [5.41, 5.74) is 1.71. The Bertz CT molecular complexity index is 612. The number of aliphatic hydroxyl groups excluding tert-OH is 1. The average molecular weight is 403 g/mol. The average Bonchev–Trinajstić information content (AvgIpc) is 3.08. The molecule has 3 saturated carbocycles. The number of aliphatic hydroxyl groups is 2. The van der Waals surface area contributed by atoms with Crippen LogP contribution in [0.1, 0.15) is 105 Å². The molecule has 0 spiro atoms. The van der Waals surface area contributed by atoms with Crippen LogP contribution < -0.4 is 0 Å². The summed E-state index contributed by atoms with van der Waals surface area (Å²) >= 11 is 0. The Morgan fingerprint density at radius 3 is 2.59 bits per heavy atom. The maximum atomic E-state index is 10.9. The Balaban J connectivity index is 1.46. The molecule has 0 amide bonds. The maximum Gasteiger partial charge on any atom is 0.0682 e. The molecule has 3 fully saturated rings. The molecule has 0 aromatic rings. The molecular formula is C27H46O2. The first kappa shape index (κ1) is 21.9. The predicted molar refractivity (Wildman–Crippen MR) is 121 cm³/mol. The van der Waals surface area contributed by atoms with Gasteiger partial charge >= 0.3 is 0 Å². The zero-order valence-electron chi connectivity index (χ0n) is 19.5. The van der Waals surface area contributed by atoms with Gasteiger partial charge in [-0.05, 0) is 118 Å². The van der Waals surface area contributed by atoms with Crippen molar-refractivity contribution in [2.75, 3.05) is 0 Å². The van der Waals surface area contributed by atoms with E-state index in [1.165, 1.54) is 44.9 Å². The lowest BCUT2D eigenvalue weighted by atomic mass is 9.50. The summed E-state index contributed by atoms with van der Waals surface area (Å²) in [5.74, 6) is 5.01. The van der Waals surface area contributed by atoms with Crippen molar-refractivity contribution in [3.8, 4) is 0 Å². The van der Waals surface area contributed by atoms with Crippen LogP contribution in [0.15, 0.2) is 11.6 Å². The molecule has 0 aliphatic heterocycles. The third-order valence-electron chi connectivity index (χ3n) is 10.4. The Labute approximate surface area is 179 Å². The second kappa shape index (κ2) is 8.30. The van der Waals surface area contributed by atoms with E-state index in [-0.39, 0.29) is 6.10 Å². The van der Waals surface area contributed by atoms with E-state index in [4.69, 9.17) is 0 Å². The first-order chi connectivity index (χ1) is 13.8. The quantitative estimate of drug-likeness (QED) is 0.498. The summed E-state index contributed by atoms with van der Waals surface area (Å²) in [4.78, 5) is 0. The zero-order valence-corrected chi connectivity index (χ0v) is 19.5. The van der Waals surface area contributed by atoms with Gasteiger partial charge in [0.1, 0.15) is 0 Å². The maximum absolute atomic E-state index is 10.9. The van der Waals surface area contributed by atoms with Crippen molar-refractivity contribution in [2.24, 2.45) is 40.9 Å². The third kappa shape index (κ3) is 3.86. The molecular weight excluding hydrogens is 356 g/mol. The smallest absolute Gasteiger partial charge is 0.0682 e. The van der Waals surface area contributed by atoms with Crippen molar-refractivity contribution in [1.29, 1.82) is 0 Å². The molecule has 0 aromatic heterocycles. The molecule has 9 atom stereocenters. The van der Waals surface area contributed by atoms with Crippen molar-refractivity contribution < 1.29 is 10.2 Å². The van der Waals surface area contributed by atoms with Gasteiger partial charge in [-0.2, -0.15) is 0 Å². The van der Waals surface area contributed by atoms with Crippen molar-refractivity contribution >= 4 is 0 Å². The van der Waals surface area contributed by atoms with E-state index >= 15 is 0 Å². The molecule has 0 aromatic carbocycles. The number of hydrogen-bond donors (Lipinski definition) is 2. The summed E-state index contributed by atoms with van der Waals surface area (Å²) in [6.07, 6.45) is 16.5. The summed E-state index contributed by atoms with van der Waals surface area (Å²) < 4.78 is 0. The van der Waals surface area contributed by atoms with Gasteiger partial charge in [-0.1, -0.05) is 39.3 Å². The minimum absolute atomic E-state index is 0.104. The molecule has 2 nitrogen and oxygen atoms in total. The van der Waals surface area contributed by atoms with E-state index in [2.05, 4.69) is 33.8 Å². The topological polar surface area (TPSA) is 40.5 Å². The molecule has 2 heteroatoms. The minimum atomic E-state index is -0.421. The number of rotatable bonds is 6. The fourth-order valence-corrected chi connectivity index (χ4v) is 8.50. The molecule has 1 unspecified atom stereocenters. The Hall–Kier alpha value is -0.340. The molecule has 2 N–H and O–H groups in total. The number of allylic oxidation sites excluding steroid dienone is 1. The first-order valence-electron chi connectivity index (χ1n) is 12.9. The summed E-state index contributed by atoms with van der Waals surface area (Å²) in [7, 11) is 0. The van der Waals surface area contributed by atoms with Gasteiger partial charge in [-0.3, -0.25) is 0 Å². The van der Waals surface area contributed by atoms with Gasteiger partial charge in [0.2, 0.25) is 0 Å². The van der Waals surface area contributed by atoms with Gasteiger partial charge in [0.25, 0.3) is 0 Å². The Kier molecular flexibility index (Phi) is 6.26. The molecule has 166 valence electrons. The fourth-order valence-electron chi connectivity index (χ4n) is 8.50. The lowest BCUT2D eigenvalue weighted by Crippen LogP contribution is -2.48. The van der Waals surface area contributed by atoms with E-state index in [9.17, 15) is 10.2 Å². The van der Waals surface area contributed by atoms with E-state index in [0.717, 1.165) is 67.6 Å². The molecule has 4 aliphatic carbocycles. The zero-order chi connectivity index (χ0) is 20.8. The minimum Gasteiger partial charge on any atom is -0.393 e. The second-order valence-electron chi connectivity index (χ2n) is 11.7. The highest BCUT2D eigenvalue weighted by molar-refractivity contribution is 5.22. The van der Waals surface area contributed by atoms with Gasteiger partial charge in [0.15, 0.2) is 0 Å². The summed E-state index contributed by atoms with van der Waals surface area (Å²) in [5, 5.41) is 20.9. The highest BCUT2D eigenvalue weighted by Crippen LogP contribution is 2.65. The van der Waals surface area contributed by atoms with Crippen LogP contribution in [0.2, 0.25) is 0 Å². The number of hydrogen-bond acceptors (Lipinski definition) is 2. The van der Waals surface area contributed by atoms with E-state index in [1.807, 2.05) is 0 Å². The van der Waals surface area contributed by atoms with Crippen LogP contribution in [-0.4, -0.2) is 21.9 Å². The van der Waals surface area contributed by atoms with Crippen LogP contribution >= 0.6 is 0 Å². The van der Waals surface area contributed by atoms with Gasteiger partial charge in [0, 0.05) is 0 Å². The van der Waals surface area contributed by atoms with Gasteiger partial charge in [-0.25, -0.2) is 0 Å². The van der Waals surface area contributed by atoms with Crippen molar-refractivity contribution in [1.82, 2.24) is 0 Å². The number of fused-ring (bicyclic) bond motifs is 5. The van der Waals surface area contributed by atoms with Gasteiger partial charge < -0.3 is 10.2 Å². The van der Waals surface area contributed by atoms with Crippen LogP contribution in [0.4, 0.5) is 0 Å². The van der Waals surface area contributed by atoms with Gasteiger partial charge in [-0.15, -0.1) is 0 Å². The van der Waals surface area contributed by atoms with E-state index in [0.29, 0.717) is 5.41 Å². The van der Waals surface area contributed by atoms with Crippen molar-refractivity contribution in [3.63, 3.8) is 0 Å². The van der Waals surface area contributed by atoms with Crippen molar-refractivity contribution in [3.05, 3.63) is 11.6 Å². The highest BCUT2D eigenvalue weighted by atomic mass is 16.3. The second-order valence-corrected chi connectivity index (χ2v) is 11.7. The van der Waals surface area contributed by atoms with Crippen LogP contribution in [-0.2, 0) is 0 Å². The molecule has 0 heterocycles. The third-order valence-corrected chi connectivity index (χ3v) is 10.4. The molecule has 0 radical (unpaired) electrons. The summed E-state index contributed by atoms with van der Waals surface area (Å²) in [6.45, 7) is 9.35. The van der Waals surface area contributed by atoms with Crippen LogP contribution in [0, 0.1) is 40.9 Å². The SMILES string of the molecule is CCC(O)CC[C@@H](C)[C@H]1CC[C@H]2[C@@H]3CC=C4C[C@](O)(CC)CC[C@@H]4[C@H]3CC[C@]12C. The lowest BCUT2D eigenvalue weighted by Gasteiger charge is -2.55. The standard InChI is InChI=1S/C27H46O2/c1-5-20(28)9-7-18(3)24-11-12-25-23-10-8-19-17-27(29,6-2)16-14-21(19)22(23)13-15-26(24,25)4/h8,18,20-25,28-29H,5-7,9-17H2,1-4H3/t18-,20?,21+,22-,23-,24-,25+,26-,27+/m1/s1.